The Hall–Kier alpha value is 1.02. The van der Waals surface area contributed by atoms with Crippen LogP contribution in [0.2, 0.25) is 0 Å². The van der Waals surface area contributed by atoms with Gasteiger partial charge in [0.25, 0.3) is 0 Å². The van der Waals surface area contributed by atoms with Gasteiger partial charge in [-0.1, -0.05) is 39.1 Å². The minimum absolute atomic E-state index is 0.170. The number of aliphatic hydroxyl groups is 1. The van der Waals surface area contributed by atoms with Gasteiger partial charge in [-0.05, 0) is 0 Å². The number of alkyl halides is 3. The van der Waals surface area contributed by atoms with E-state index in [1.807, 2.05) is 0 Å². The van der Waals surface area contributed by atoms with Crippen LogP contribution >= 0.6 is 39.1 Å². The summed E-state index contributed by atoms with van der Waals surface area (Å²) in [6.07, 6.45) is 0. The highest BCUT2D eigenvalue weighted by molar-refractivity contribution is 9.09. The zero-order chi connectivity index (χ0) is 5.21. The highest BCUT2D eigenvalue weighted by Crippen LogP contribution is 2.17. The molecule has 0 atom stereocenters. The van der Waals surface area contributed by atoms with Crippen molar-refractivity contribution < 1.29 is 5.11 Å². The Bertz CT molecular complexity index is 41.3. The Labute approximate surface area is 54.4 Å². The second kappa shape index (κ2) is 2.36. The van der Waals surface area contributed by atoms with E-state index >= 15 is 0 Å². The second-order valence-corrected chi connectivity index (χ2v) is 2.80. The first-order chi connectivity index (χ1) is 2.56. The average Bonchev–Trinajstić information content (AvgIpc) is 1.35. The molecule has 0 heterocycles. The van der Waals surface area contributed by atoms with E-state index in [0.29, 0.717) is 0 Å². The van der Waals surface area contributed by atoms with E-state index in [2.05, 4.69) is 15.9 Å². The molecular weight excluding hydrogens is 191 g/mol. The standard InChI is InChI=1S/C2H3BrCl2O/c3-1-2(4,5)6/h6H,1H2. The first kappa shape index (κ1) is 7.02. The lowest BCUT2D eigenvalue weighted by Crippen LogP contribution is -2.11. The van der Waals surface area contributed by atoms with Crippen LogP contribution in [-0.4, -0.2) is 15.0 Å². The maximum atomic E-state index is 8.31. The van der Waals surface area contributed by atoms with E-state index < -0.39 is 4.52 Å². The van der Waals surface area contributed by atoms with E-state index in [0.717, 1.165) is 0 Å². The van der Waals surface area contributed by atoms with Crippen LogP contribution in [-0.2, 0) is 0 Å². The molecule has 0 unspecified atom stereocenters. The molecule has 0 rings (SSSR count). The van der Waals surface area contributed by atoms with Crippen LogP contribution in [0.25, 0.3) is 0 Å². The molecule has 0 aliphatic rings. The van der Waals surface area contributed by atoms with Crippen molar-refractivity contribution in [3.8, 4) is 0 Å². The summed E-state index contributed by atoms with van der Waals surface area (Å²) in [5.74, 6) is 0. The van der Waals surface area contributed by atoms with Crippen LogP contribution in [0.4, 0.5) is 0 Å². The van der Waals surface area contributed by atoms with Crippen molar-refractivity contribution in [3.63, 3.8) is 0 Å². The number of hydrogen-bond acceptors (Lipinski definition) is 1. The molecule has 0 bridgehead atoms. The molecule has 0 aliphatic heterocycles. The van der Waals surface area contributed by atoms with Gasteiger partial charge in [0.15, 0.2) is 0 Å². The number of halogens is 3. The highest BCUT2D eigenvalue weighted by Gasteiger charge is 2.14. The van der Waals surface area contributed by atoms with Crippen molar-refractivity contribution in [2.24, 2.45) is 0 Å². The SMILES string of the molecule is OC(Cl)(Cl)CBr. The van der Waals surface area contributed by atoms with Crippen molar-refractivity contribution in [3.05, 3.63) is 0 Å². The monoisotopic (exact) mass is 192 g/mol. The van der Waals surface area contributed by atoms with Gasteiger partial charge >= 0.3 is 0 Å². The largest absolute Gasteiger partial charge is 0.362 e. The van der Waals surface area contributed by atoms with E-state index in [1.54, 1.807) is 0 Å². The first-order valence-corrected chi connectivity index (χ1v) is 3.10. The van der Waals surface area contributed by atoms with Gasteiger partial charge in [-0.3, -0.25) is 0 Å². The van der Waals surface area contributed by atoms with Gasteiger partial charge in [-0.2, -0.15) is 0 Å². The molecule has 0 aliphatic carbocycles. The minimum atomic E-state index is -1.60. The van der Waals surface area contributed by atoms with E-state index in [9.17, 15) is 0 Å². The predicted molar refractivity (Wildman–Crippen MR) is 30.4 cm³/mol. The molecule has 0 radical (unpaired) electrons. The second-order valence-electron chi connectivity index (χ2n) is 0.799. The summed E-state index contributed by atoms with van der Waals surface area (Å²) in [7, 11) is 0. The zero-order valence-corrected chi connectivity index (χ0v) is 5.89. The molecule has 6 heavy (non-hydrogen) atoms. The molecule has 0 saturated carbocycles. The summed E-state index contributed by atoms with van der Waals surface area (Å²) in [4.78, 5) is 0. The lowest BCUT2D eigenvalue weighted by molar-refractivity contribution is 0.242. The summed E-state index contributed by atoms with van der Waals surface area (Å²) >= 11 is 12.8. The first-order valence-electron chi connectivity index (χ1n) is 1.22. The Morgan fingerprint density at radius 3 is 1.83 bits per heavy atom. The van der Waals surface area contributed by atoms with Crippen LogP contribution < -0.4 is 0 Å². The van der Waals surface area contributed by atoms with Gasteiger partial charge in [-0.15, -0.1) is 0 Å². The highest BCUT2D eigenvalue weighted by atomic mass is 79.9. The Morgan fingerprint density at radius 1 is 1.67 bits per heavy atom. The van der Waals surface area contributed by atoms with Gasteiger partial charge in [0.1, 0.15) is 0 Å². The summed E-state index contributed by atoms with van der Waals surface area (Å²) in [6.45, 7) is 0. The molecule has 0 fully saturated rings. The molecule has 0 aromatic heterocycles. The summed E-state index contributed by atoms with van der Waals surface area (Å²) in [6, 6.07) is 0. The van der Waals surface area contributed by atoms with Crippen molar-refractivity contribution in [1.82, 2.24) is 0 Å². The smallest absolute Gasteiger partial charge is 0.224 e. The molecule has 0 amide bonds. The quantitative estimate of drug-likeness (QED) is 0.627. The van der Waals surface area contributed by atoms with Gasteiger partial charge in [0, 0.05) is 0 Å². The Morgan fingerprint density at radius 2 is 1.83 bits per heavy atom. The van der Waals surface area contributed by atoms with Crippen molar-refractivity contribution in [2.75, 3.05) is 5.33 Å². The lowest BCUT2D eigenvalue weighted by Gasteiger charge is -2.03. The Balaban J connectivity index is 3.17. The summed E-state index contributed by atoms with van der Waals surface area (Å²) in [5.41, 5.74) is 0. The van der Waals surface area contributed by atoms with Gasteiger partial charge in [0.05, 0.1) is 5.33 Å². The van der Waals surface area contributed by atoms with Crippen molar-refractivity contribution in [2.45, 2.75) is 4.52 Å². The van der Waals surface area contributed by atoms with Crippen LogP contribution in [0.1, 0.15) is 0 Å². The Kier molecular flexibility index (Phi) is 2.76. The minimum Gasteiger partial charge on any atom is -0.362 e. The molecule has 0 spiro atoms. The van der Waals surface area contributed by atoms with Crippen molar-refractivity contribution in [1.29, 1.82) is 0 Å². The van der Waals surface area contributed by atoms with Crippen LogP contribution in [0.15, 0.2) is 0 Å². The maximum absolute atomic E-state index is 8.31. The molecule has 0 saturated heterocycles. The summed E-state index contributed by atoms with van der Waals surface area (Å²) in [5, 5.41) is 8.48. The predicted octanol–water partition coefficient (Wildman–Crippen LogP) is 1.50. The van der Waals surface area contributed by atoms with Crippen LogP contribution in [0, 0.1) is 0 Å². The van der Waals surface area contributed by atoms with E-state index in [-0.39, 0.29) is 5.33 Å². The number of rotatable bonds is 1. The van der Waals surface area contributed by atoms with Crippen LogP contribution in [0.3, 0.4) is 0 Å². The van der Waals surface area contributed by atoms with Crippen LogP contribution in [0.5, 0.6) is 0 Å². The molecule has 38 valence electrons. The lowest BCUT2D eigenvalue weighted by atomic mass is 10.9. The zero-order valence-electron chi connectivity index (χ0n) is 2.79. The van der Waals surface area contributed by atoms with Gasteiger partial charge < -0.3 is 5.11 Å². The third-order valence-electron chi connectivity index (χ3n) is 0.161. The van der Waals surface area contributed by atoms with Gasteiger partial charge in [0.2, 0.25) is 4.52 Å². The van der Waals surface area contributed by atoms with Gasteiger partial charge in [-0.25, -0.2) is 0 Å². The van der Waals surface area contributed by atoms with E-state index in [1.165, 1.54) is 0 Å². The molecular formula is C2H3BrCl2O. The fraction of sp³-hybridized carbons (Fsp3) is 1.00. The fourth-order valence-corrected chi connectivity index (χ4v) is 0. The average molecular weight is 194 g/mol. The third-order valence-corrected chi connectivity index (χ3v) is 1.89. The van der Waals surface area contributed by atoms with Crippen molar-refractivity contribution >= 4 is 39.1 Å². The number of hydrogen-bond donors (Lipinski definition) is 1. The third kappa shape index (κ3) is 5.02. The normalized spacial score (nSPS) is 12.0. The van der Waals surface area contributed by atoms with E-state index in [4.69, 9.17) is 28.3 Å². The summed E-state index contributed by atoms with van der Waals surface area (Å²) < 4.78 is -1.60. The molecule has 4 heteroatoms. The topological polar surface area (TPSA) is 20.2 Å². The molecule has 0 aromatic carbocycles. The molecule has 0 aromatic rings. The molecule has 1 nitrogen and oxygen atoms in total. The fourth-order valence-electron chi connectivity index (χ4n) is 0. The molecule has 1 N–H and O–H groups in total. The maximum Gasteiger partial charge on any atom is 0.224 e.